The summed E-state index contributed by atoms with van der Waals surface area (Å²) < 4.78 is 5.62. The van der Waals surface area contributed by atoms with Gasteiger partial charge in [0, 0.05) is 18.3 Å². The molecule has 0 fully saturated rings. The first kappa shape index (κ1) is 10.8. The zero-order chi connectivity index (χ0) is 12.4. The first-order chi connectivity index (χ1) is 8.81. The van der Waals surface area contributed by atoms with Crippen LogP contribution in [0, 0.1) is 0 Å². The lowest BCUT2D eigenvalue weighted by atomic mass is 10.1. The third-order valence-electron chi connectivity index (χ3n) is 2.79. The largest absolute Gasteiger partial charge is 0.439 e. The molecular formula is C14H13N3O. The quantitative estimate of drug-likeness (QED) is 0.713. The van der Waals surface area contributed by atoms with Crippen molar-refractivity contribution in [1.82, 2.24) is 9.97 Å². The average Bonchev–Trinajstić information content (AvgIpc) is 2.79. The number of benzene rings is 1. The summed E-state index contributed by atoms with van der Waals surface area (Å²) in [5, 5.41) is 0. The smallest absolute Gasteiger partial charge is 0.198 e. The second-order valence-corrected chi connectivity index (χ2v) is 4.18. The van der Waals surface area contributed by atoms with Crippen LogP contribution in [0.5, 0.6) is 0 Å². The Morgan fingerprint density at radius 2 is 2.06 bits per heavy atom. The second kappa shape index (κ2) is 4.49. The molecule has 3 aromatic rings. The molecule has 2 N–H and O–H groups in total. The molecule has 0 aliphatic rings. The maximum atomic E-state index is 5.74. The van der Waals surface area contributed by atoms with E-state index in [1.165, 1.54) is 5.56 Å². The van der Waals surface area contributed by atoms with E-state index in [-0.39, 0.29) is 0 Å². The van der Waals surface area contributed by atoms with Crippen molar-refractivity contribution in [2.45, 2.75) is 12.8 Å². The number of pyridine rings is 1. The molecule has 0 atom stereocenters. The highest BCUT2D eigenvalue weighted by atomic mass is 16.3. The van der Waals surface area contributed by atoms with E-state index in [2.05, 4.69) is 16.0 Å². The minimum absolute atomic E-state index is 0.667. The monoisotopic (exact) mass is 239 g/mol. The fraction of sp³-hybridized carbons (Fsp3) is 0.143. The Bertz CT molecular complexity index is 642. The molecule has 0 amide bonds. The van der Waals surface area contributed by atoms with Crippen LogP contribution >= 0.6 is 0 Å². The Morgan fingerprint density at radius 3 is 2.89 bits per heavy atom. The molecular weight excluding hydrogens is 226 g/mol. The normalized spacial score (nSPS) is 10.9. The number of nitrogens with two attached hydrogens (primary N) is 1. The zero-order valence-electron chi connectivity index (χ0n) is 9.84. The molecule has 0 saturated heterocycles. The van der Waals surface area contributed by atoms with E-state index in [0.29, 0.717) is 11.5 Å². The first-order valence-corrected chi connectivity index (χ1v) is 5.86. The summed E-state index contributed by atoms with van der Waals surface area (Å²) in [6, 6.07) is 11.6. The topological polar surface area (TPSA) is 64.9 Å². The fourth-order valence-electron chi connectivity index (χ4n) is 1.92. The summed E-state index contributed by atoms with van der Waals surface area (Å²) in [6.07, 6.45) is 3.32. The van der Waals surface area contributed by atoms with E-state index in [9.17, 15) is 0 Å². The van der Waals surface area contributed by atoms with Gasteiger partial charge >= 0.3 is 0 Å². The van der Waals surface area contributed by atoms with Crippen molar-refractivity contribution >= 4 is 16.9 Å². The van der Waals surface area contributed by atoms with Crippen molar-refractivity contribution in [2.24, 2.45) is 0 Å². The molecule has 2 heterocycles. The van der Waals surface area contributed by atoms with Crippen LogP contribution in [0.3, 0.4) is 0 Å². The second-order valence-electron chi connectivity index (χ2n) is 4.18. The number of nitrogen functional groups attached to an aromatic ring is 1. The first-order valence-electron chi connectivity index (χ1n) is 5.86. The summed E-state index contributed by atoms with van der Waals surface area (Å²) in [6.45, 7) is 0. The van der Waals surface area contributed by atoms with E-state index in [0.717, 1.165) is 24.1 Å². The number of fused-ring (bicyclic) bond motifs is 1. The molecule has 0 aliphatic carbocycles. The van der Waals surface area contributed by atoms with Gasteiger partial charge in [0.15, 0.2) is 17.1 Å². The minimum Gasteiger partial charge on any atom is -0.439 e. The summed E-state index contributed by atoms with van der Waals surface area (Å²) in [5.74, 6) is 0.714. The lowest BCUT2D eigenvalue weighted by Crippen LogP contribution is -1.93. The summed E-state index contributed by atoms with van der Waals surface area (Å²) in [5.41, 5.74) is 9.11. The Labute approximate surface area is 104 Å². The highest BCUT2D eigenvalue weighted by Crippen LogP contribution is 2.15. The number of anilines is 1. The number of oxazole rings is 1. The number of rotatable bonds is 3. The molecule has 0 unspecified atom stereocenters. The van der Waals surface area contributed by atoms with Crippen LogP contribution < -0.4 is 5.73 Å². The van der Waals surface area contributed by atoms with E-state index in [4.69, 9.17) is 10.2 Å². The molecule has 4 heteroatoms. The molecule has 0 bridgehead atoms. The lowest BCUT2D eigenvalue weighted by molar-refractivity contribution is 0.528. The molecule has 2 aromatic heterocycles. The standard InChI is InChI=1S/C14H13N3O/c15-11-4-1-3-10(9-11)6-7-13-17-14-12(18-13)5-2-8-16-14/h1-5,8-9H,6-7,15H2. The van der Waals surface area contributed by atoms with Crippen molar-refractivity contribution in [3.8, 4) is 0 Å². The van der Waals surface area contributed by atoms with Gasteiger partial charge in [-0.25, -0.2) is 4.98 Å². The van der Waals surface area contributed by atoms with Gasteiger partial charge in [0.1, 0.15) is 0 Å². The number of hydrogen-bond acceptors (Lipinski definition) is 4. The molecule has 1 aromatic carbocycles. The number of aromatic nitrogens is 2. The van der Waals surface area contributed by atoms with Gasteiger partial charge in [0.05, 0.1) is 0 Å². The maximum Gasteiger partial charge on any atom is 0.198 e. The van der Waals surface area contributed by atoms with Crippen LogP contribution in [0.1, 0.15) is 11.5 Å². The molecule has 0 radical (unpaired) electrons. The van der Waals surface area contributed by atoms with Crippen LogP contribution in [0.4, 0.5) is 5.69 Å². The van der Waals surface area contributed by atoms with Crippen LogP contribution in [0.2, 0.25) is 0 Å². The van der Waals surface area contributed by atoms with Crippen LogP contribution in [0.25, 0.3) is 11.2 Å². The van der Waals surface area contributed by atoms with E-state index in [1.54, 1.807) is 6.20 Å². The van der Waals surface area contributed by atoms with Crippen LogP contribution in [0.15, 0.2) is 47.0 Å². The van der Waals surface area contributed by atoms with Gasteiger partial charge in [-0.2, -0.15) is 4.98 Å². The van der Waals surface area contributed by atoms with Crippen LogP contribution in [-0.2, 0) is 12.8 Å². The van der Waals surface area contributed by atoms with Crippen molar-refractivity contribution in [3.05, 3.63) is 54.0 Å². The lowest BCUT2D eigenvalue weighted by Gasteiger charge is -1.99. The highest BCUT2D eigenvalue weighted by molar-refractivity contribution is 5.66. The summed E-state index contributed by atoms with van der Waals surface area (Å²) >= 11 is 0. The molecule has 18 heavy (non-hydrogen) atoms. The Morgan fingerprint density at radius 1 is 1.11 bits per heavy atom. The Hall–Kier alpha value is -2.36. The summed E-state index contributed by atoms with van der Waals surface area (Å²) in [4.78, 5) is 8.49. The summed E-state index contributed by atoms with van der Waals surface area (Å²) in [7, 11) is 0. The Kier molecular flexibility index (Phi) is 2.68. The average molecular weight is 239 g/mol. The van der Waals surface area contributed by atoms with Crippen molar-refractivity contribution in [3.63, 3.8) is 0 Å². The third kappa shape index (κ3) is 2.18. The molecule has 0 spiro atoms. The fourth-order valence-corrected chi connectivity index (χ4v) is 1.92. The van der Waals surface area contributed by atoms with Crippen molar-refractivity contribution in [1.29, 1.82) is 0 Å². The molecule has 0 aliphatic heterocycles. The third-order valence-corrected chi connectivity index (χ3v) is 2.79. The zero-order valence-corrected chi connectivity index (χ0v) is 9.84. The Balaban J connectivity index is 1.76. The van der Waals surface area contributed by atoms with E-state index in [1.807, 2.05) is 30.3 Å². The number of aryl methyl sites for hydroxylation is 2. The van der Waals surface area contributed by atoms with Gasteiger partial charge in [-0.3, -0.25) is 0 Å². The predicted octanol–water partition coefficient (Wildman–Crippen LogP) is 2.59. The van der Waals surface area contributed by atoms with Crippen molar-refractivity contribution < 1.29 is 4.42 Å². The van der Waals surface area contributed by atoms with Gasteiger partial charge in [-0.1, -0.05) is 12.1 Å². The maximum absolute atomic E-state index is 5.74. The van der Waals surface area contributed by atoms with Gasteiger partial charge < -0.3 is 10.2 Å². The van der Waals surface area contributed by atoms with Crippen molar-refractivity contribution in [2.75, 3.05) is 5.73 Å². The van der Waals surface area contributed by atoms with Gasteiger partial charge in [0.2, 0.25) is 0 Å². The SMILES string of the molecule is Nc1cccc(CCc2nc3ncccc3o2)c1. The van der Waals surface area contributed by atoms with Gasteiger partial charge in [-0.05, 0) is 36.2 Å². The number of nitrogens with zero attached hydrogens (tertiary/aromatic N) is 2. The van der Waals surface area contributed by atoms with Gasteiger partial charge in [0.25, 0.3) is 0 Å². The molecule has 4 nitrogen and oxygen atoms in total. The highest BCUT2D eigenvalue weighted by Gasteiger charge is 2.06. The molecule has 90 valence electrons. The number of hydrogen-bond donors (Lipinski definition) is 1. The minimum atomic E-state index is 0.667. The predicted molar refractivity (Wildman–Crippen MR) is 70.1 cm³/mol. The van der Waals surface area contributed by atoms with E-state index < -0.39 is 0 Å². The molecule has 0 saturated carbocycles. The molecule has 3 rings (SSSR count). The van der Waals surface area contributed by atoms with E-state index >= 15 is 0 Å². The van der Waals surface area contributed by atoms with Gasteiger partial charge in [-0.15, -0.1) is 0 Å². The van der Waals surface area contributed by atoms with Crippen LogP contribution in [-0.4, -0.2) is 9.97 Å².